The van der Waals surface area contributed by atoms with Gasteiger partial charge in [-0.2, -0.15) is 0 Å². The van der Waals surface area contributed by atoms with Crippen LogP contribution >= 0.6 is 0 Å². The van der Waals surface area contributed by atoms with Gasteiger partial charge < -0.3 is 4.57 Å². The van der Waals surface area contributed by atoms with Gasteiger partial charge in [0.1, 0.15) is 0 Å². The van der Waals surface area contributed by atoms with Crippen LogP contribution in [-0.4, -0.2) is 19.1 Å². The van der Waals surface area contributed by atoms with Gasteiger partial charge in [0.15, 0.2) is 0 Å². The van der Waals surface area contributed by atoms with Crippen molar-refractivity contribution in [3.05, 3.63) is 254 Å². The Morgan fingerprint density at radius 1 is 0.315 bits per heavy atom. The van der Waals surface area contributed by atoms with Crippen molar-refractivity contribution < 1.29 is 0 Å². The van der Waals surface area contributed by atoms with E-state index < -0.39 is 0 Å². The van der Waals surface area contributed by atoms with Crippen molar-refractivity contribution in [2.75, 3.05) is 0 Å². The second-order valence-corrected chi connectivity index (χ2v) is 19.6. The summed E-state index contributed by atoms with van der Waals surface area (Å²) in [6.07, 6.45) is 0.909. The van der Waals surface area contributed by atoms with Gasteiger partial charge in [-0.3, -0.25) is 4.57 Å². The van der Waals surface area contributed by atoms with Gasteiger partial charge >= 0.3 is 0 Å². The highest BCUT2D eigenvalue weighted by Gasteiger charge is 2.25. The number of benzene rings is 12. The van der Waals surface area contributed by atoms with E-state index in [1.54, 1.807) is 0 Å². The van der Waals surface area contributed by atoms with E-state index in [9.17, 15) is 0 Å². The SMILES string of the molecule is c1cc2c(c(-c3ccc4c(c3)c3ccccc3n4-c3cccc4ccccc34)c1)-c1cc(-c3ccc4c(c3)c3c5ccccc5ccc3n4-c3nc(-c4cccc5ccccc45)c4ccccc4n3)ccc1C2. The van der Waals surface area contributed by atoms with Gasteiger partial charge in [-0.15, -0.1) is 0 Å². The van der Waals surface area contributed by atoms with E-state index in [-0.39, 0.29) is 0 Å². The molecule has 0 unspecified atom stereocenters. The third-order valence-electron chi connectivity index (χ3n) is 15.7. The maximum atomic E-state index is 5.53. The second-order valence-electron chi connectivity index (χ2n) is 19.6. The Morgan fingerprint density at radius 3 is 1.77 bits per heavy atom. The maximum absolute atomic E-state index is 5.53. The summed E-state index contributed by atoms with van der Waals surface area (Å²) in [7, 11) is 0. The molecular formula is C69H42N4. The Balaban J connectivity index is 0.859. The Bertz CT molecular complexity index is 4830. The lowest BCUT2D eigenvalue weighted by atomic mass is 9.91. The van der Waals surface area contributed by atoms with Crippen LogP contribution in [0.15, 0.2) is 243 Å². The van der Waals surface area contributed by atoms with E-state index in [0.717, 1.165) is 39.6 Å². The van der Waals surface area contributed by atoms with E-state index in [0.29, 0.717) is 5.95 Å². The minimum Gasteiger partial charge on any atom is -0.309 e. The summed E-state index contributed by atoms with van der Waals surface area (Å²) in [6, 6.07) is 88.9. The lowest BCUT2D eigenvalue weighted by Gasteiger charge is -2.14. The highest BCUT2D eigenvalue weighted by atomic mass is 15.2. The Kier molecular flexibility index (Phi) is 8.48. The zero-order valence-electron chi connectivity index (χ0n) is 39.6. The van der Waals surface area contributed by atoms with Crippen LogP contribution in [0.2, 0.25) is 0 Å². The first-order valence-electron chi connectivity index (χ1n) is 25.2. The summed E-state index contributed by atoms with van der Waals surface area (Å²) in [5.74, 6) is 0.655. The van der Waals surface area contributed by atoms with Crippen molar-refractivity contribution in [1.82, 2.24) is 19.1 Å². The summed E-state index contributed by atoms with van der Waals surface area (Å²) in [6.45, 7) is 0. The molecule has 0 bridgehead atoms. The quantitative estimate of drug-likeness (QED) is 0.172. The molecule has 16 rings (SSSR count). The first-order chi connectivity index (χ1) is 36.2. The molecular weight excluding hydrogens is 885 g/mol. The molecule has 0 aliphatic heterocycles. The van der Waals surface area contributed by atoms with Crippen LogP contribution in [0, 0.1) is 0 Å². The van der Waals surface area contributed by atoms with Crippen LogP contribution in [0.1, 0.15) is 11.1 Å². The number of hydrogen-bond acceptors (Lipinski definition) is 2. The molecule has 12 aromatic carbocycles. The van der Waals surface area contributed by atoms with Crippen molar-refractivity contribution in [2.24, 2.45) is 0 Å². The topological polar surface area (TPSA) is 35.6 Å². The molecule has 4 heteroatoms. The minimum atomic E-state index is 0.655. The fourth-order valence-corrected chi connectivity index (χ4v) is 12.4. The van der Waals surface area contributed by atoms with Gasteiger partial charge in [0.05, 0.1) is 39.0 Å². The molecule has 3 aromatic heterocycles. The zero-order chi connectivity index (χ0) is 47.7. The van der Waals surface area contributed by atoms with E-state index in [1.165, 1.54) is 115 Å². The van der Waals surface area contributed by atoms with Gasteiger partial charge in [-0.25, -0.2) is 9.97 Å². The first-order valence-corrected chi connectivity index (χ1v) is 25.2. The van der Waals surface area contributed by atoms with Crippen molar-refractivity contribution in [3.8, 4) is 56.3 Å². The summed E-state index contributed by atoms with van der Waals surface area (Å²) < 4.78 is 4.73. The first kappa shape index (κ1) is 40.1. The van der Waals surface area contributed by atoms with Crippen molar-refractivity contribution in [3.63, 3.8) is 0 Å². The number of hydrogen-bond donors (Lipinski definition) is 0. The fourth-order valence-electron chi connectivity index (χ4n) is 12.4. The number of para-hydroxylation sites is 2. The van der Waals surface area contributed by atoms with Crippen molar-refractivity contribution in [2.45, 2.75) is 6.42 Å². The zero-order valence-corrected chi connectivity index (χ0v) is 39.6. The largest absolute Gasteiger partial charge is 0.309 e. The molecule has 73 heavy (non-hydrogen) atoms. The fraction of sp³-hybridized carbons (Fsp3) is 0.0145. The van der Waals surface area contributed by atoms with Crippen molar-refractivity contribution in [1.29, 1.82) is 0 Å². The average Bonchev–Trinajstić information content (AvgIpc) is 4.12. The molecule has 0 saturated carbocycles. The molecule has 338 valence electrons. The molecule has 0 atom stereocenters. The normalized spacial score (nSPS) is 12.3. The number of fused-ring (bicyclic) bond motifs is 14. The molecule has 0 radical (unpaired) electrons. The Morgan fingerprint density at radius 2 is 0.904 bits per heavy atom. The van der Waals surface area contributed by atoms with Gasteiger partial charge in [0.2, 0.25) is 5.95 Å². The second kappa shape index (κ2) is 15.4. The molecule has 0 spiro atoms. The molecule has 1 aliphatic rings. The van der Waals surface area contributed by atoms with Crippen LogP contribution in [0.3, 0.4) is 0 Å². The van der Waals surface area contributed by atoms with E-state index >= 15 is 0 Å². The summed E-state index contributed by atoms with van der Waals surface area (Å²) in [5.41, 5.74) is 18.9. The van der Waals surface area contributed by atoms with Crippen molar-refractivity contribution >= 4 is 86.8 Å². The Hall–Kier alpha value is -9.64. The summed E-state index contributed by atoms with van der Waals surface area (Å²) >= 11 is 0. The monoisotopic (exact) mass is 926 g/mol. The molecule has 15 aromatic rings. The minimum absolute atomic E-state index is 0.655. The summed E-state index contributed by atoms with van der Waals surface area (Å²) in [5, 5.41) is 13.2. The predicted molar refractivity (Wildman–Crippen MR) is 305 cm³/mol. The molecule has 3 heterocycles. The molecule has 0 amide bonds. The number of rotatable bonds is 5. The lowest BCUT2D eigenvalue weighted by molar-refractivity contribution is 1.01. The van der Waals surface area contributed by atoms with Gasteiger partial charge in [-0.05, 0) is 132 Å². The average molecular weight is 927 g/mol. The molecule has 4 nitrogen and oxygen atoms in total. The van der Waals surface area contributed by atoms with Gasteiger partial charge in [0.25, 0.3) is 0 Å². The smallest absolute Gasteiger partial charge is 0.235 e. The molecule has 1 aliphatic carbocycles. The van der Waals surface area contributed by atoms with E-state index in [1.807, 2.05) is 0 Å². The summed E-state index contributed by atoms with van der Waals surface area (Å²) in [4.78, 5) is 10.9. The van der Waals surface area contributed by atoms with Gasteiger partial charge in [-0.1, -0.05) is 188 Å². The lowest BCUT2D eigenvalue weighted by Crippen LogP contribution is -2.03. The maximum Gasteiger partial charge on any atom is 0.235 e. The van der Waals surface area contributed by atoms with Crippen LogP contribution in [0.25, 0.3) is 143 Å². The standard InChI is InChI=1S/C69H42N4/c1-4-20-50-42(14-1)17-11-26-55(50)68-56-24-7-9-27-60(56)70-69(71-68)73-64-35-33-46(40-59(64)67-52-22-6-3-16-44(52)32-37-65(67)73)45-30-31-47-38-49-19-12-25-53(66(49)57(47)39-45)48-34-36-63-58(41-48)54-23-8-10-28-62(54)72(63)61-29-13-18-43-15-2-5-21-51(43)61/h1-37,39-41H,38H2. The highest BCUT2D eigenvalue weighted by molar-refractivity contribution is 6.22. The third kappa shape index (κ3) is 5.95. The predicted octanol–water partition coefficient (Wildman–Crippen LogP) is 17.9. The van der Waals surface area contributed by atoms with E-state index in [4.69, 9.17) is 9.97 Å². The van der Waals surface area contributed by atoms with Crippen LogP contribution in [-0.2, 0) is 6.42 Å². The van der Waals surface area contributed by atoms with Crippen LogP contribution in [0.5, 0.6) is 0 Å². The molecule has 0 saturated heterocycles. The van der Waals surface area contributed by atoms with Gasteiger partial charge in [0, 0.05) is 37.9 Å². The molecule has 0 fully saturated rings. The third-order valence-corrected chi connectivity index (χ3v) is 15.7. The Labute approximate surface area is 420 Å². The van der Waals surface area contributed by atoms with Crippen LogP contribution < -0.4 is 0 Å². The van der Waals surface area contributed by atoms with E-state index in [2.05, 4.69) is 252 Å². The van der Waals surface area contributed by atoms with Crippen LogP contribution in [0.4, 0.5) is 0 Å². The number of aromatic nitrogens is 4. The highest BCUT2D eigenvalue weighted by Crippen LogP contribution is 2.47. The molecule has 0 N–H and O–H groups in total. The number of nitrogens with zero attached hydrogens (tertiary/aromatic N) is 4.